The van der Waals surface area contributed by atoms with Gasteiger partial charge in [0.15, 0.2) is 0 Å². The summed E-state index contributed by atoms with van der Waals surface area (Å²) in [5.41, 5.74) is 5.98. The fourth-order valence-electron chi connectivity index (χ4n) is 3.88. The van der Waals surface area contributed by atoms with E-state index < -0.39 is 0 Å². The van der Waals surface area contributed by atoms with Crippen molar-refractivity contribution in [2.45, 2.75) is 70.1 Å². The standard InChI is InChI=1S/C15H30N2O/c1-15(2,18-3)10-13(11-16)17-9-8-12-6-4-5-7-14(12)17/h12-14H,4-11,16H2,1-3H3. The summed E-state index contributed by atoms with van der Waals surface area (Å²) in [5.74, 6) is 0.943. The van der Waals surface area contributed by atoms with E-state index in [0.717, 1.165) is 24.9 Å². The second-order valence-electron chi connectivity index (χ2n) is 6.70. The molecule has 1 aliphatic carbocycles. The van der Waals surface area contributed by atoms with Crippen LogP contribution in [-0.4, -0.2) is 42.8 Å². The van der Waals surface area contributed by atoms with Gasteiger partial charge in [0.2, 0.25) is 0 Å². The molecular weight excluding hydrogens is 224 g/mol. The lowest BCUT2D eigenvalue weighted by atomic mass is 9.84. The largest absolute Gasteiger partial charge is 0.379 e. The monoisotopic (exact) mass is 254 g/mol. The fraction of sp³-hybridized carbons (Fsp3) is 1.00. The van der Waals surface area contributed by atoms with E-state index in [4.69, 9.17) is 10.5 Å². The number of hydrogen-bond acceptors (Lipinski definition) is 3. The normalized spacial score (nSPS) is 31.3. The molecule has 1 saturated heterocycles. The van der Waals surface area contributed by atoms with Crippen LogP contribution in [0.1, 0.15) is 52.4 Å². The quantitative estimate of drug-likeness (QED) is 0.819. The first kappa shape index (κ1) is 14.3. The van der Waals surface area contributed by atoms with Crippen molar-refractivity contribution in [3.05, 3.63) is 0 Å². The Morgan fingerprint density at radius 2 is 2.00 bits per heavy atom. The third-order valence-electron chi connectivity index (χ3n) is 5.07. The average Bonchev–Trinajstić information content (AvgIpc) is 2.80. The van der Waals surface area contributed by atoms with Gasteiger partial charge in [0.25, 0.3) is 0 Å². The van der Waals surface area contributed by atoms with Crippen molar-refractivity contribution in [3.8, 4) is 0 Å². The summed E-state index contributed by atoms with van der Waals surface area (Å²) >= 11 is 0. The Kier molecular flexibility index (Phi) is 4.68. The van der Waals surface area contributed by atoms with Crippen LogP contribution in [0.2, 0.25) is 0 Å². The Morgan fingerprint density at radius 1 is 1.28 bits per heavy atom. The molecule has 1 heterocycles. The van der Waals surface area contributed by atoms with E-state index in [1.165, 1.54) is 38.6 Å². The van der Waals surface area contributed by atoms with Crippen LogP contribution in [0.3, 0.4) is 0 Å². The van der Waals surface area contributed by atoms with Crippen molar-refractivity contribution in [1.29, 1.82) is 0 Å². The second-order valence-corrected chi connectivity index (χ2v) is 6.70. The number of nitrogens with two attached hydrogens (primary N) is 1. The maximum absolute atomic E-state index is 6.04. The van der Waals surface area contributed by atoms with Crippen LogP contribution in [0.25, 0.3) is 0 Å². The molecule has 2 N–H and O–H groups in total. The number of methoxy groups -OCH3 is 1. The first-order valence-corrected chi connectivity index (χ1v) is 7.58. The van der Waals surface area contributed by atoms with Crippen LogP contribution in [0, 0.1) is 5.92 Å². The third kappa shape index (κ3) is 3.06. The molecule has 3 heteroatoms. The van der Waals surface area contributed by atoms with Crippen molar-refractivity contribution in [2.24, 2.45) is 11.7 Å². The van der Waals surface area contributed by atoms with Gasteiger partial charge >= 0.3 is 0 Å². The number of fused-ring (bicyclic) bond motifs is 1. The van der Waals surface area contributed by atoms with Gasteiger partial charge < -0.3 is 10.5 Å². The molecule has 3 unspecified atom stereocenters. The first-order chi connectivity index (χ1) is 8.57. The van der Waals surface area contributed by atoms with Gasteiger partial charge in [-0.3, -0.25) is 4.90 Å². The van der Waals surface area contributed by atoms with Gasteiger partial charge in [0.05, 0.1) is 5.60 Å². The highest BCUT2D eigenvalue weighted by Crippen LogP contribution is 2.38. The summed E-state index contributed by atoms with van der Waals surface area (Å²) in [7, 11) is 1.81. The Labute approximate surface area is 112 Å². The molecule has 2 aliphatic rings. The van der Waals surface area contributed by atoms with Crippen LogP contribution < -0.4 is 5.73 Å². The summed E-state index contributed by atoms with van der Waals surface area (Å²) in [6, 6.07) is 1.30. The number of ether oxygens (including phenoxy) is 1. The predicted molar refractivity (Wildman–Crippen MR) is 75.6 cm³/mol. The molecule has 0 aromatic heterocycles. The maximum atomic E-state index is 6.04. The van der Waals surface area contributed by atoms with Crippen LogP contribution in [0.5, 0.6) is 0 Å². The number of rotatable bonds is 5. The number of likely N-dealkylation sites (tertiary alicyclic amines) is 1. The second kappa shape index (κ2) is 5.89. The van der Waals surface area contributed by atoms with E-state index >= 15 is 0 Å². The Morgan fingerprint density at radius 3 is 2.67 bits per heavy atom. The molecule has 106 valence electrons. The van der Waals surface area contributed by atoms with Gasteiger partial charge in [-0.05, 0) is 52.0 Å². The fourth-order valence-corrected chi connectivity index (χ4v) is 3.88. The van der Waals surface area contributed by atoms with E-state index in [9.17, 15) is 0 Å². The lowest BCUT2D eigenvalue weighted by Gasteiger charge is -2.39. The van der Waals surface area contributed by atoms with E-state index in [1.54, 1.807) is 7.11 Å². The van der Waals surface area contributed by atoms with Gasteiger partial charge in [-0.2, -0.15) is 0 Å². The molecule has 0 aromatic rings. The van der Waals surface area contributed by atoms with Crippen molar-refractivity contribution >= 4 is 0 Å². The Bertz CT molecular complexity index is 267. The van der Waals surface area contributed by atoms with Gasteiger partial charge in [0, 0.05) is 25.7 Å². The lowest BCUT2D eigenvalue weighted by Crippen LogP contribution is -2.48. The maximum Gasteiger partial charge on any atom is 0.0638 e. The van der Waals surface area contributed by atoms with Gasteiger partial charge in [-0.25, -0.2) is 0 Å². The molecular formula is C15H30N2O. The molecule has 0 radical (unpaired) electrons. The summed E-state index contributed by atoms with van der Waals surface area (Å²) in [5, 5.41) is 0. The van der Waals surface area contributed by atoms with Crippen molar-refractivity contribution < 1.29 is 4.74 Å². The molecule has 1 aliphatic heterocycles. The minimum absolute atomic E-state index is 0.0587. The summed E-state index contributed by atoms with van der Waals surface area (Å²) < 4.78 is 5.58. The lowest BCUT2D eigenvalue weighted by molar-refractivity contribution is -0.0124. The van der Waals surface area contributed by atoms with Crippen LogP contribution in [-0.2, 0) is 4.74 Å². The van der Waals surface area contributed by atoms with Crippen LogP contribution >= 0.6 is 0 Å². The summed E-state index contributed by atoms with van der Waals surface area (Å²) in [4.78, 5) is 2.70. The zero-order valence-electron chi connectivity index (χ0n) is 12.3. The topological polar surface area (TPSA) is 38.5 Å². The molecule has 0 amide bonds. The SMILES string of the molecule is COC(C)(C)CC(CN)N1CCC2CCCCC21. The molecule has 2 rings (SSSR count). The molecule has 1 saturated carbocycles. The molecule has 3 nitrogen and oxygen atoms in total. The molecule has 0 bridgehead atoms. The van der Waals surface area contributed by atoms with E-state index in [0.29, 0.717) is 6.04 Å². The molecule has 18 heavy (non-hydrogen) atoms. The van der Waals surface area contributed by atoms with E-state index in [-0.39, 0.29) is 5.60 Å². The van der Waals surface area contributed by atoms with Crippen LogP contribution in [0.4, 0.5) is 0 Å². The molecule has 3 atom stereocenters. The highest BCUT2D eigenvalue weighted by molar-refractivity contribution is 4.94. The van der Waals surface area contributed by atoms with Crippen LogP contribution in [0.15, 0.2) is 0 Å². The van der Waals surface area contributed by atoms with Gasteiger partial charge in [-0.1, -0.05) is 12.8 Å². The Balaban J connectivity index is 1.99. The van der Waals surface area contributed by atoms with Gasteiger partial charge in [0.1, 0.15) is 0 Å². The smallest absolute Gasteiger partial charge is 0.0638 e. The predicted octanol–water partition coefficient (Wildman–Crippen LogP) is 2.39. The minimum Gasteiger partial charge on any atom is -0.379 e. The van der Waals surface area contributed by atoms with Crippen molar-refractivity contribution in [1.82, 2.24) is 4.90 Å². The van der Waals surface area contributed by atoms with Crippen molar-refractivity contribution in [3.63, 3.8) is 0 Å². The highest BCUT2D eigenvalue weighted by atomic mass is 16.5. The molecule has 0 aromatic carbocycles. The van der Waals surface area contributed by atoms with Gasteiger partial charge in [-0.15, -0.1) is 0 Å². The first-order valence-electron chi connectivity index (χ1n) is 7.58. The summed E-state index contributed by atoms with van der Waals surface area (Å²) in [6.07, 6.45) is 8.09. The molecule has 0 spiro atoms. The van der Waals surface area contributed by atoms with E-state index in [2.05, 4.69) is 18.7 Å². The third-order valence-corrected chi connectivity index (χ3v) is 5.07. The zero-order chi connectivity index (χ0) is 13.2. The van der Waals surface area contributed by atoms with E-state index in [1.807, 2.05) is 0 Å². The van der Waals surface area contributed by atoms with Crippen molar-refractivity contribution in [2.75, 3.05) is 20.2 Å². The molecule has 2 fully saturated rings. The highest BCUT2D eigenvalue weighted by Gasteiger charge is 2.39. The average molecular weight is 254 g/mol. The number of hydrogen-bond donors (Lipinski definition) is 1. The summed E-state index contributed by atoms with van der Waals surface area (Å²) in [6.45, 7) is 6.35. The Hall–Kier alpha value is -0.120. The zero-order valence-corrected chi connectivity index (χ0v) is 12.3. The minimum atomic E-state index is -0.0587. The number of nitrogens with zero attached hydrogens (tertiary/aromatic N) is 1.